The summed E-state index contributed by atoms with van der Waals surface area (Å²) < 4.78 is 6.07. The van der Waals surface area contributed by atoms with Crippen LogP contribution in [-0.4, -0.2) is 29.0 Å². The molecule has 0 atom stereocenters. The average molecular weight is 204 g/mol. The minimum absolute atomic E-state index is 0.384. The molecule has 76 valence electrons. The maximum absolute atomic E-state index is 11.3. The molecule has 0 aliphatic heterocycles. The molecule has 0 fully saturated rings. The number of methoxy groups -OCH3 is 1. The van der Waals surface area contributed by atoms with Gasteiger partial charge in [0.2, 0.25) is 0 Å². The number of aldehydes is 1. The van der Waals surface area contributed by atoms with Crippen LogP contribution < -0.4 is 0 Å². The van der Waals surface area contributed by atoms with Gasteiger partial charge in [-0.05, 0) is 12.1 Å². The first-order chi connectivity index (χ1) is 7.26. The number of fused-ring (bicyclic) bond motifs is 1. The molecule has 0 aliphatic carbocycles. The summed E-state index contributed by atoms with van der Waals surface area (Å²) in [6.45, 7) is 0. The Morgan fingerprint density at radius 3 is 3.00 bits per heavy atom. The Kier molecular flexibility index (Phi) is 2.21. The third kappa shape index (κ3) is 1.48. The van der Waals surface area contributed by atoms with Crippen LogP contribution in [0.15, 0.2) is 24.5 Å². The number of esters is 1. The maximum Gasteiger partial charge on any atom is 0.341 e. The Balaban J connectivity index is 2.61. The van der Waals surface area contributed by atoms with Crippen molar-refractivity contribution >= 4 is 17.8 Å². The zero-order chi connectivity index (χ0) is 10.8. The molecule has 0 unspecified atom stereocenters. The van der Waals surface area contributed by atoms with E-state index in [0.717, 1.165) is 6.29 Å². The number of hydrogen-bond donors (Lipinski definition) is 0. The van der Waals surface area contributed by atoms with Crippen LogP contribution in [0.5, 0.6) is 0 Å². The topological polar surface area (TPSA) is 60.7 Å². The lowest BCUT2D eigenvalue weighted by molar-refractivity contribution is 0.0603. The fraction of sp³-hybridized carbons (Fsp3) is 0.100. The van der Waals surface area contributed by atoms with Crippen molar-refractivity contribution in [3.63, 3.8) is 0 Å². The second-order valence-corrected chi connectivity index (χ2v) is 2.96. The number of carbonyl (C=O) groups excluding carboxylic acids is 2. The highest BCUT2D eigenvalue weighted by atomic mass is 16.5. The normalized spacial score (nSPS) is 10.2. The van der Waals surface area contributed by atoms with Gasteiger partial charge in [-0.15, -0.1) is 0 Å². The molecule has 5 heteroatoms. The monoisotopic (exact) mass is 204 g/mol. The number of nitrogens with zero attached hydrogens (tertiary/aromatic N) is 2. The van der Waals surface area contributed by atoms with Crippen LogP contribution in [0, 0.1) is 0 Å². The van der Waals surface area contributed by atoms with Gasteiger partial charge >= 0.3 is 5.97 Å². The average Bonchev–Trinajstić information content (AvgIpc) is 2.70. The van der Waals surface area contributed by atoms with Gasteiger partial charge in [-0.2, -0.15) is 5.10 Å². The number of carbonyl (C=O) groups is 2. The number of rotatable bonds is 2. The van der Waals surface area contributed by atoms with Gasteiger partial charge in [0.1, 0.15) is 5.56 Å². The van der Waals surface area contributed by atoms with E-state index in [1.807, 2.05) is 0 Å². The highest BCUT2D eigenvalue weighted by Crippen LogP contribution is 2.12. The van der Waals surface area contributed by atoms with Gasteiger partial charge in [-0.25, -0.2) is 9.31 Å². The van der Waals surface area contributed by atoms with Crippen LogP contribution in [0.2, 0.25) is 0 Å². The molecule has 2 aromatic heterocycles. The van der Waals surface area contributed by atoms with Gasteiger partial charge in [0, 0.05) is 11.8 Å². The lowest BCUT2D eigenvalue weighted by atomic mass is 10.2. The SMILES string of the molecule is COC(=O)c1cnn2cc(C=O)ccc12. The third-order valence-corrected chi connectivity index (χ3v) is 2.08. The van der Waals surface area contributed by atoms with Crippen molar-refractivity contribution in [2.45, 2.75) is 0 Å². The Morgan fingerprint density at radius 2 is 2.33 bits per heavy atom. The molecule has 2 aromatic rings. The van der Waals surface area contributed by atoms with Crippen molar-refractivity contribution in [3.8, 4) is 0 Å². The Hall–Kier alpha value is -2.17. The molecular formula is C10H8N2O3. The molecule has 15 heavy (non-hydrogen) atoms. The molecule has 2 rings (SSSR count). The first-order valence-corrected chi connectivity index (χ1v) is 4.27. The zero-order valence-electron chi connectivity index (χ0n) is 8.01. The predicted molar refractivity (Wildman–Crippen MR) is 51.9 cm³/mol. The zero-order valence-corrected chi connectivity index (χ0v) is 8.01. The summed E-state index contributed by atoms with van der Waals surface area (Å²) in [6.07, 6.45) is 3.68. The van der Waals surface area contributed by atoms with Crippen LogP contribution in [0.4, 0.5) is 0 Å². The minimum Gasteiger partial charge on any atom is -0.465 e. The van der Waals surface area contributed by atoms with E-state index in [2.05, 4.69) is 9.84 Å². The summed E-state index contributed by atoms with van der Waals surface area (Å²) in [5, 5.41) is 3.95. The van der Waals surface area contributed by atoms with E-state index in [0.29, 0.717) is 16.6 Å². The van der Waals surface area contributed by atoms with Crippen molar-refractivity contribution < 1.29 is 14.3 Å². The van der Waals surface area contributed by atoms with Gasteiger partial charge in [0.15, 0.2) is 6.29 Å². The van der Waals surface area contributed by atoms with E-state index in [-0.39, 0.29) is 0 Å². The lowest BCUT2D eigenvalue weighted by Gasteiger charge is -1.97. The summed E-state index contributed by atoms with van der Waals surface area (Å²) in [6, 6.07) is 3.28. The lowest BCUT2D eigenvalue weighted by Crippen LogP contribution is -2.00. The van der Waals surface area contributed by atoms with Crippen molar-refractivity contribution in [1.82, 2.24) is 9.61 Å². The number of hydrogen-bond acceptors (Lipinski definition) is 4. The van der Waals surface area contributed by atoms with E-state index in [1.165, 1.54) is 17.8 Å². The van der Waals surface area contributed by atoms with E-state index < -0.39 is 5.97 Å². The van der Waals surface area contributed by atoms with Crippen molar-refractivity contribution in [2.75, 3.05) is 7.11 Å². The molecule has 0 radical (unpaired) electrons. The second-order valence-electron chi connectivity index (χ2n) is 2.96. The minimum atomic E-state index is -0.441. The van der Waals surface area contributed by atoms with Crippen LogP contribution in [0.25, 0.3) is 5.52 Å². The highest BCUT2D eigenvalue weighted by molar-refractivity contribution is 5.96. The van der Waals surface area contributed by atoms with E-state index in [4.69, 9.17) is 0 Å². The smallest absolute Gasteiger partial charge is 0.341 e. The summed E-state index contributed by atoms with van der Waals surface area (Å²) in [5.41, 5.74) is 1.50. The molecule has 5 nitrogen and oxygen atoms in total. The quantitative estimate of drug-likeness (QED) is 0.539. The van der Waals surface area contributed by atoms with Crippen LogP contribution >= 0.6 is 0 Å². The molecule has 0 bridgehead atoms. The molecule has 0 saturated heterocycles. The van der Waals surface area contributed by atoms with Crippen LogP contribution in [-0.2, 0) is 4.74 Å². The van der Waals surface area contributed by atoms with Crippen LogP contribution in [0.1, 0.15) is 20.7 Å². The first-order valence-electron chi connectivity index (χ1n) is 4.27. The molecule has 2 heterocycles. The number of aromatic nitrogens is 2. The molecular weight excluding hydrogens is 196 g/mol. The molecule has 0 amide bonds. The summed E-state index contributed by atoms with van der Waals surface area (Å²) in [4.78, 5) is 21.8. The first kappa shape index (κ1) is 9.39. The van der Waals surface area contributed by atoms with Crippen molar-refractivity contribution in [3.05, 3.63) is 35.7 Å². The number of ether oxygens (including phenoxy) is 1. The summed E-state index contributed by atoms with van der Waals surface area (Å²) in [7, 11) is 1.31. The molecule has 0 N–H and O–H groups in total. The van der Waals surface area contributed by atoms with Crippen LogP contribution in [0.3, 0.4) is 0 Å². The molecule has 0 aromatic carbocycles. The van der Waals surface area contributed by atoms with E-state index in [9.17, 15) is 9.59 Å². The van der Waals surface area contributed by atoms with Gasteiger partial charge in [-0.3, -0.25) is 4.79 Å². The predicted octanol–water partition coefficient (Wildman–Crippen LogP) is 0.933. The van der Waals surface area contributed by atoms with E-state index >= 15 is 0 Å². The third-order valence-electron chi connectivity index (χ3n) is 2.08. The Morgan fingerprint density at radius 1 is 1.53 bits per heavy atom. The van der Waals surface area contributed by atoms with Gasteiger partial charge in [0.25, 0.3) is 0 Å². The van der Waals surface area contributed by atoms with E-state index in [1.54, 1.807) is 18.3 Å². The van der Waals surface area contributed by atoms with Gasteiger partial charge < -0.3 is 4.74 Å². The second kappa shape index (κ2) is 3.53. The summed E-state index contributed by atoms with van der Waals surface area (Å²) in [5.74, 6) is -0.441. The standard InChI is InChI=1S/C10H8N2O3/c1-15-10(14)8-4-11-12-5-7(6-13)2-3-9(8)12/h2-6H,1H3. The Labute approximate surface area is 85.3 Å². The van der Waals surface area contributed by atoms with Gasteiger partial charge in [-0.1, -0.05) is 0 Å². The summed E-state index contributed by atoms with van der Waals surface area (Å²) >= 11 is 0. The highest BCUT2D eigenvalue weighted by Gasteiger charge is 2.12. The Bertz CT molecular complexity index is 530. The van der Waals surface area contributed by atoms with Crippen molar-refractivity contribution in [2.24, 2.45) is 0 Å². The number of pyridine rings is 1. The molecule has 0 spiro atoms. The van der Waals surface area contributed by atoms with Crippen molar-refractivity contribution in [1.29, 1.82) is 0 Å². The maximum atomic E-state index is 11.3. The fourth-order valence-corrected chi connectivity index (χ4v) is 1.34. The molecule has 0 aliphatic rings. The fourth-order valence-electron chi connectivity index (χ4n) is 1.34. The largest absolute Gasteiger partial charge is 0.465 e. The van der Waals surface area contributed by atoms with Gasteiger partial charge in [0.05, 0.1) is 18.8 Å². The molecule has 0 saturated carbocycles.